The van der Waals surface area contributed by atoms with Crippen molar-refractivity contribution in [3.63, 3.8) is 0 Å². The summed E-state index contributed by atoms with van der Waals surface area (Å²) >= 11 is 4.17. The van der Waals surface area contributed by atoms with E-state index in [1.54, 1.807) is 12.1 Å². The van der Waals surface area contributed by atoms with Crippen LogP contribution in [0.4, 0.5) is 0 Å². The van der Waals surface area contributed by atoms with Crippen molar-refractivity contribution in [2.24, 2.45) is 0 Å². The quantitative estimate of drug-likeness (QED) is 0.615. The van der Waals surface area contributed by atoms with Gasteiger partial charge in [-0.25, -0.2) is 4.79 Å². The van der Waals surface area contributed by atoms with Crippen molar-refractivity contribution < 1.29 is 9.53 Å². The molecule has 0 unspecified atom stereocenters. The first-order valence-electron chi connectivity index (χ1n) is 4.48. The van der Waals surface area contributed by atoms with Crippen molar-refractivity contribution in [3.05, 3.63) is 28.8 Å². The summed E-state index contributed by atoms with van der Waals surface area (Å²) in [5.41, 5.74) is 1.51. The van der Waals surface area contributed by atoms with Gasteiger partial charge < -0.3 is 4.74 Å². The van der Waals surface area contributed by atoms with Crippen LogP contribution in [0.15, 0.2) is 17.0 Å². The highest BCUT2D eigenvalue weighted by Gasteiger charge is 2.15. The molecule has 0 heterocycles. The maximum Gasteiger partial charge on any atom is 0.339 e. The average molecular weight is 221 g/mol. The molecule has 0 atom stereocenters. The minimum absolute atomic E-state index is 0.266. The van der Waals surface area contributed by atoms with Crippen LogP contribution in [0.3, 0.4) is 0 Å². The van der Waals surface area contributed by atoms with Crippen molar-refractivity contribution in [1.29, 1.82) is 5.26 Å². The van der Waals surface area contributed by atoms with Gasteiger partial charge in [0.1, 0.15) is 6.07 Å². The summed E-state index contributed by atoms with van der Waals surface area (Å²) < 4.78 is 4.61. The molecule has 78 valence electrons. The van der Waals surface area contributed by atoms with Gasteiger partial charge in [-0.15, -0.1) is 12.6 Å². The summed E-state index contributed by atoms with van der Waals surface area (Å²) in [5.74, 6) is -0.503. The largest absolute Gasteiger partial charge is 0.465 e. The highest BCUT2D eigenvalue weighted by Crippen LogP contribution is 2.21. The fourth-order valence-electron chi connectivity index (χ4n) is 1.28. The lowest BCUT2D eigenvalue weighted by atomic mass is 10.0. The van der Waals surface area contributed by atoms with Gasteiger partial charge in [-0.2, -0.15) is 5.26 Å². The summed E-state index contributed by atoms with van der Waals surface area (Å²) in [4.78, 5) is 11.9. The van der Waals surface area contributed by atoms with Crippen LogP contribution in [0.2, 0.25) is 0 Å². The number of benzene rings is 1. The van der Waals surface area contributed by atoms with Gasteiger partial charge >= 0.3 is 5.97 Å². The summed E-state index contributed by atoms with van der Waals surface area (Å²) in [7, 11) is 1.29. The number of methoxy groups -OCH3 is 1. The third kappa shape index (κ3) is 2.31. The second kappa shape index (κ2) is 4.85. The maximum atomic E-state index is 11.4. The van der Waals surface area contributed by atoms with Crippen LogP contribution < -0.4 is 0 Å². The maximum absolute atomic E-state index is 11.4. The lowest BCUT2D eigenvalue weighted by Crippen LogP contribution is -2.06. The molecule has 0 saturated heterocycles. The number of nitrogens with zero attached hydrogens (tertiary/aromatic N) is 1. The van der Waals surface area contributed by atoms with E-state index < -0.39 is 5.97 Å². The zero-order valence-electron chi connectivity index (χ0n) is 8.57. The molecule has 0 spiro atoms. The highest BCUT2D eigenvalue weighted by molar-refractivity contribution is 7.80. The van der Waals surface area contributed by atoms with Crippen molar-refractivity contribution in [1.82, 2.24) is 0 Å². The third-order valence-corrected chi connectivity index (χ3v) is 2.46. The Morgan fingerprint density at radius 2 is 2.27 bits per heavy atom. The Bertz CT molecular complexity index is 435. The average Bonchev–Trinajstić information content (AvgIpc) is 2.26. The molecular weight excluding hydrogens is 210 g/mol. The molecular formula is C11H11NO2S. The Balaban J connectivity index is 3.40. The number of hydrogen-bond acceptors (Lipinski definition) is 4. The summed E-state index contributed by atoms with van der Waals surface area (Å²) in [6.45, 7) is 1.97. The molecule has 0 saturated carbocycles. The monoisotopic (exact) mass is 221 g/mol. The molecule has 1 rings (SSSR count). The number of carbonyl (C=O) groups excluding carboxylic acids is 1. The molecule has 0 bridgehead atoms. The lowest BCUT2D eigenvalue weighted by Gasteiger charge is -2.07. The van der Waals surface area contributed by atoms with E-state index in [2.05, 4.69) is 17.4 Å². The van der Waals surface area contributed by atoms with Crippen LogP contribution in [0.5, 0.6) is 0 Å². The number of esters is 1. The predicted molar refractivity (Wildman–Crippen MR) is 59.1 cm³/mol. The number of thiol groups is 1. The first-order valence-corrected chi connectivity index (χ1v) is 4.93. The molecule has 4 heteroatoms. The summed E-state index contributed by atoms with van der Waals surface area (Å²) in [5, 5.41) is 8.90. The topological polar surface area (TPSA) is 50.1 Å². The van der Waals surface area contributed by atoms with Crippen LogP contribution >= 0.6 is 12.6 Å². The number of hydrogen-bond donors (Lipinski definition) is 1. The molecule has 0 amide bonds. The van der Waals surface area contributed by atoms with E-state index in [1.165, 1.54) is 7.11 Å². The molecule has 0 fully saturated rings. The Hall–Kier alpha value is -1.47. The molecule has 1 aromatic rings. The fourth-order valence-corrected chi connectivity index (χ4v) is 1.61. The Kier molecular flexibility index (Phi) is 3.75. The van der Waals surface area contributed by atoms with Gasteiger partial charge in [0, 0.05) is 4.90 Å². The van der Waals surface area contributed by atoms with Crippen molar-refractivity contribution in [3.8, 4) is 6.07 Å². The van der Waals surface area contributed by atoms with Crippen molar-refractivity contribution >= 4 is 18.6 Å². The minimum Gasteiger partial charge on any atom is -0.465 e. The number of carbonyl (C=O) groups is 1. The third-order valence-electron chi connectivity index (χ3n) is 2.10. The van der Waals surface area contributed by atoms with Gasteiger partial charge in [0.2, 0.25) is 0 Å². The van der Waals surface area contributed by atoms with Crippen molar-refractivity contribution in [2.75, 3.05) is 7.11 Å². The van der Waals surface area contributed by atoms with E-state index >= 15 is 0 Å². The molecule has 0 N–H and O–H groups in total. The van der Waals surface area contributed by atoms with Gasteiger partial charge in [-0.1, -0.05) is 6.92 Å². The minimum atomic E-state index is -0.503. The van der Waals surface area contributed by atoms with Crippen LogP contribution in [0.25, 0.3) is 0 Å². The first kappa shape index (κ1) is 11.6. The SMILES string of the molecule is CCc1cc(S)c(C#N)c(C(=O)OC)c1. The molecule has 0 aliphatic heterocycles. The first-order chi connectivity index (χ1) is 7.13. The summed E-state index contributed by atoms with van der Waals surface area (Å²) in [6.07, 6.45) is 0.781. The van der Waals surface area contributed by atoms with Crippen LogP contribution in [0.1, 0.15) is 28.4 Å². The summed E-state index contributed by atoms with van der Waals surface area (Å²) in [6, 6.07) is 5.41. The molecule has 0 radical (unpaired) electrons. The lowest BCUT2D eigenvalue weighted by molar-refractivity contribution is 0.0600. The number of aryl methyl sites for hydroxylation is 1. The van der Waals surface area contributed by atoms with Crippen molar-refractivity contribution in [2.45, 2.75) is 18.2 Å². The van der Waals surface area contributed by atoms with E-state index in [4.69, 9.17) is 5.26 Å². The zero-order valence-corrected chi connectivity index (χ0v) is 9.47. The second-order valence-corrected chi connectivity index (χ2v) is 3.48. The Morgan fingerprint density at radius 3 is 2.73 bits per heavy atom. The number of nitriles is 1. The van der Waals surface area contributed by atoms with Gasteiger partial charge in [0.15, 0.2) is 0 Å². The molecule has 0 aliphatic carbocycles. The molecule has 15 heavy (non-hydrogen) atoms. The van der Waals surface area contributed by atoms with E-state index in [0.717, 1.165) is 12.0 Å². The Morgan fingerprint density at radius 1 is 1.60 bits per heavy atom. The molecule has 0 aromatic heterocycles. The highest BCUT2D eigenvalue weighted by atomic mass is 32.1. The van der Waals surface area contributed by atoms with Gasteiger partial charge in [0.05, 0.1) is 18.2 Å². The van der Waals surface area contributed by atoms with Gasteiger partial charge in [-0.3, -0.25) is 0 Å². The zero-order chi connectivity index (χ0) is 11.4. The Labute approximate surface area is 94.1 Å². The molecule has 1 aromatic carbocycles. The molecule has 0 aliphatic rings. The van der Waals surface area contributed by atoms with E-state index in [0.29, 0.717) is 4.90 Å². The van der Waals surface area contributed by atoms with E-state index in [-0.39, 0.29) is 11.1 Å². The second-order valence-electron chi connectivity index (χ2n) is 2.99. The van der Waals surface area contributed by atoms with Gasteiger partial charge in [0.25, 0.3) is 0 Å². The van der Waals surface area contributed by atoms with Crippen LogP contribution in [-0.2, 0) is 11.2 Å². The smallest absolute Gasteiger partial charge is 0.339 e. The number of rotatable bonds is 2. The van der Waals surface area contributed by atoms with Gasteiger partial charge in [-0.05, 0) is 24.1 Å². The van der Waals surface area contributed by atoms with Crippen LogP contribution in [-0.4, -0.2) is 13.1 Å². The van der Waals surface area contributed by atoms with Crippen LogP contribution in [0, 0.1) is 11.3 Å². The van der Waals surface area contributed by atoms with E-state index in [1.807, 2.05) is 13.0 Å². The normalized spacial score (nSPS) is 9.47. The van der Waals surface area contributed by atoms with E-state index in [9.17, 15) is 4.79 Å². The number of ether oxygens (including phenoxy) is 1. The molecule has 3 nitrogen and oxygen atoms in total. The standard InChI is InChI=1S/C11H11NO2S/c1-3-7-4-8(11(13)14-2)9(6-12)10(15)5-7/h4-5,15H,3H2,1-2H3. The fraction of sp³-hybridized carbons (Fsp3) is 0.273. The predicted octanol–water partition coefficient (Wildman–Crippen LogP) is 2.20.